The van der Waals surface area contributed by atoms with Gasteiger partial charge in [-0.2, -0.15) is 5.10 Å². The Balaban J connectivity index is 3.59. The van der Waals surface area contributed by atoms with Gasteiger partial charge in [0.1, 0.15) is 0 Å². The maximum absolute atomic E-state index is 4.32. The van der Waals surface area contributed by atoms with E-state index in [1.54, 1.807) is 0 Å². The predicted molar refractivity (Wildman–Crippen MR) is 60.1 cm³/mol. The van der Waals surface area contributed by atoms with Crippen molar-refractivity contribution in [2.24, 2.45) is 5.10 Å². The molecule has 0 saturated heterocycles. The summed E-state index contributed by atoms with van der Waals surface area (Å²) in [5.41, 5.74) is 2.62. The largest absolute Gasteiger partial charge is 0.303 e. The van der Waals surface area contributed by atoms with E-state index in [-0.39, 0.29) is 0 Å². The van der Waals surface area contributed by atoms with Gasteiger partial charge in [0, 0.05) is 19.8 Å². The molecule has 0 saturated carbocycles. The molecule has 0 fully saturated rings. The third-order valence-electron chi connectivity index (χ3n) is 1.67. The van der Waals surface area contributed by atoms with E-state index in [4.69, 9.17) is 0 Å². The van der Waals surface area contributed by atoms with E-state index >= 15 is 0 Å². The van der Waals surface area contributed by atoms with E-state index in [2.05, 4.69) is 31.9 Å². The molecule has 0 rings (SSSR count). The molecule has 0 heterocycles. The van der Waals surface area contributed by atoms with Crippen molar-refractivity contribution in [3.63, 3.8) is 0 Å². The van der Waals surface area contributed by atoms with Crippen molar-refractivity contribution in [1.29, 1.82) is 0 Å². The van der Waals surface area contributed by atoms with Crippen molar-refractivity contribution in [3.8, 4) is 0 Å². The van der Waals surface area contributed by atoms with Crippen LogP contribution in [0.3, 0.4) is 0 Å². The van der Waals surface area contributed by atoms with Gasteiger partial charge in [0.15, 0.2) is 0 Å². The summed E-state index contributed by atoms with van der Waals surface area (Å²) in [6, 6.07) is 0. The topological polar surface area (TPSA) is 15.6 Å². The van der Waals surface area contributed by atoms with E-state index in [0.29, 0.717) is 0 Å². The summed E-state index contributed by atoms with van der Waals surface area (Å²) >= 11 is 0. The first kappa shape index (κ1) is 12.2. The number of nitrogens with zero attached hydrogens (tertiary/aromatic N) is 2. The summed E-state index contributed by atoms with van der Waals surface area (Å²) in [5, 5.41) is 6.18. The molecular formula is C11H22N2. The van der Waals surface area contributed by atoms with Crippen molar-refractivity contribution in [2.45, 2.75) is 40.0 Å². The Kier molecular flexibility index (Phi) is 6.29. The van der Waals surface area contributed by atoms with Gasteiger partial charge in [0.05, 0.1) is 0 Å². The Bertz CT molecular complexity index is 186. The van der Waals surface area contributed by atoms with E-state index in [1.807, 2.05) is 19.1 Å². The Labute approximate surface area is 82.3 Å². The van der Waals surface area contributed by atoms with Gasteiger partial charge in [0.25, 0.3) is 0 Å². The maximum atomic E-state index is 4.32. The van der Waals surface area contributed by atoms with Crippen LogP contribution in [0.1, 0.15) is 40.0 Å². The molecule has 2 nitrogen and oxygen atoms in total. The van der Waals surface area contributed by atoms with Crippen LogP contribution in [0.2, 0.25) is 0 Å². The summed E-state index contributed by atoms with van der Waals surface area (Å²) in [4.78, 5) is 0. The highest BCUT2D eigenvalue weighted by molar-refractivity contribution is 5.81. The number of unbranched alkanes of at least 4 members (excludes halogenated alkanes) is 1. The lowest BCUT2D eigenvalue weighted by Gasteiger charge is -2.06. The molecule has 0 atom stereocenters. The molecule has 0 spiro atoms. The van der Waals surface area contributed by atoms with Crippen LogP contribution in [-0.2, 0) is 0 Å². The number of hydrogen-bond donors (Lipinski definition) is 0. The first-order chi connectivity index (χ1) is 6.02. The zero-order valence-corrected chi connectivity index (χ0v) is 9.59. The van der Waals surface area contributed by atoms with E-state index < -0.39 is 0 Å². The van der Waals surface area contributed by atoms with Crippen LogP contribution in [0.25, 0.3) is 0 Å². The minimum atomic E-state index is 1.10. The molecule has 0 aromatic rings. The molecule has 0 aliphatic carbocycles. The number of allylic oxidation sites excluding steroid dienone is 2. The number of hydrogen-bond acceptors (Lipinski definition) is 2. The monoisotopic (exact) mass is 182 g/mol. The summed E-state index contributed by atoms with van der Waals surface area (Å²) < 4.78 is 0. The smallest absolute Gasteiger partial charge is 0.0349 e. The summed E-state index contributed by atoms with van der Waals surface area (Å²) in [6.45, 7) is 6.37. The van der Waals surface area contributed by atoms with Crippen LogP contribution in [0.15, 0.2) is 16.8 Å². The van der Waals surface area contributed by atoms with Gasteiger partial charge in [-0.1, -0.05) is 11.6 Å². The Hall–Kier alpha value is -0.790. The average molecular weight is 182 g/mol. The average Bonchev–Trinajstić information content (AvgIpc) is 1.96. The Morgan fingerprint density at radius 2 is 1.85 bits per heavy atom. The first-order valence-electron chi connectivity index (χ1n) is 4.87. The molecule has 0 aliphatic rings. The molecular weight excluding hydrogens is 160 g/mol. The molecule has 0 bridgehead atoms. The van der Waals surface area contributed by atoms with Crippen LogP contribution >= 0.6 is 0 Å². The van der Waals surface area contributed by atoms with Gasteiger partial charge >= 0.3 is 0 Å². The predicted octanol–water partition coefficient (Wildman–Crippen LogP) is 3.06. The number of rotatable bonds is 5. The molecule has 0 unspecified atom stereocenters. The van der Waals surface area contributed by atoms with E-state index in [9.17, 15) is 0 Å². The lowest BCUT2D eigenvalue weighted by molar-refractivity contribution is 0.435. The zero-order valence-electron chi connectivity index (χ0n) is 9.59. The lowest BCUT2D eigenvalue weighted by Crippen LogP contribution is -2.06. The molecule has 0 N–H and O–H groups in total. The molecule has 76 valence electrons. The Morgan fingerprint density at radius 1 is 1.23 bits per heavy atom. The molecule has 2 heteroatoms. The minimum absolute atomic E-state index is 1.10. The summed E-state index contributed by atoms with van der Waals surface area (Å²) in [7, 11) is 3.92. The second-order valence-corrected chi connectivity index (χ2v) is 3.86. The molecule has 0 aromatic carbocycles. The standard InChI is InChI=1S/C11H22N2/c1-10(2)8-6-7-9-11(3)12-13(4)5/h8H,6-7,9H2,1-5H3/b12-11+. The van der Waals surface area contributed by atoms with Crippen LogP contribution < -0.4 is 0 Å². The maximum Gasteiger partial charge on any atom is 0.0349 e. The number of hydrazone groups is 1. The van der Waals surface area contributed by atoms with Crippen LogP contribution in [-0.4, -0.2) is 24.8 Å². The van der Waals surface area contributed by atoms with Gasteiger partial charge in [-0.25, -0.2) is 0 Å². The molecule has 0 radical (unpaired) electrons. The fourth-order valence-corrected chi connectivity index (χ4v) is 1.14. The summed E-state index contributed by atoms with van der Waals surface area (Å²) in [5.74, 6) is 0. The SMILES string of the molecule is CC(C)=CCCC/C(C)=N/N(C)C. The molecule has 0 amide bonds. The van der Waals surface area contributed by atoms with Crippen LogP contribution in [0.5, 0.6) is 0 Å². The fraction of sp³-hybridized carbons (Fsp3) is 0.727. The second-order valence-electron chi connectivity index (χ2n) is 3.86. The van der Waals surface area contributed by atoms with Crippen molar-refractivity contribution in [1.82, 2.24) is 5.01 Å². The molecule has 13 heavy (non-hydrogen) atoms. The van der Waals surface area contributed by atoms with Gasteiger partial charge in [0.2, 0.25) is 0 Å². The van der Waals surface area contributed by atoms with E-state index in [0.717, 1.165) is 6.42 Å². The third-order valence-corrected chi connectivity index (χ3v) is 1.67. The van der Waals surface area contributed by atoms with E-state index in [1.165, 1.54) is 24.1 Å². The third kappa shape index (κ3) is 9.12. The second kappa shape index (κ2) is 6.70. The highest BCUT2D eigenvalue weighted by atomic mass is 15.4. The van der Waals surface area contributed by atoms with Gasteiger partial charge in [-0.05, 0) is 40.0 Å². The first-order valence-corrected chi connectivity index (χ1v) is 4.87. The van der Waals surface area contributed by atoms with Crippen molar-refractivity contribution in [2.75, 3.05) is 14.1 Å². The lowest BCUT2D eigenvalue weighted by atomic mass is 10.1. The molecule has 0 aliphatic heterocycles. The molecule has 0 aromatic heterocycles. The van der Waals surface area contributed by atoms with Crippen molar-refractivity contribution >= 4 is 5.71 Å². The van der Waals surface area contributed by atoms with Gasteiger partial charge in [-0.3, -0.25) is 0 Å². The van der Waals surface area contributed by atoms with Crippen LogP contribution in [0, 0.1) is 0 Å². The highest BCUT2D eigenvalue weighted by Gasteiger charge is 1.91. The quantitative estimate of drug-likeness (QED) is 0.276. The van der Waals surface area contributed by atoms with Crippen molar-refractivity contribution < 1.29 is 0 Å². The van der Waals surface area contributed by atoms with Crippen molar-refractivity contribution in [3.05, 3.63) is 11.6 Å². The Morgan fingerprint density at radius 3 is 2.31 bits per heavy atom. The fourth-order valence-electron chi connectivity index (χ4n) is 1.14. The zero-order chi connectivity index (χ0) is 10.3. The highest BCUT2D eigenvalue weighted by Crippen LogP contribution is 2.02. The summed E-state index contributed by atoms with van der Waals surface area (Å²) in [6.07, 6.45) is 5.75. The minimum Gasteiger partial charge on any atom is -0.303 e. The van der Waals surface area contributed by atoms with Crippen LogP contribution in [0.4, 0.5) is 0 Å². The normalized spacial score (nSPS) is 11.3. The van der Waals surface area contributed by atoms with Gasteiger partial charge in [-0.15, -0.1) is 0 Å². The van der Waals surface area contributed by atoms with Gasteiger partial charge < -0.3 is 5.01 Å².